The SMILES string of the molecule is Cl.NC(N)=NC(N)=Nc1ccc(N=Nc2ccccc2)cc1. The van der Waals surface area contributed by atoms with Crippen LogP contribution in [0.3, 0.4) is 0 Å². The number of nitrogens with two attached hydrogens (primary N) is 3. The summed E-state index contributed by atoms with van der Waals surface area (Å²) in [5.74, 6) is -0.141. The van der Waals surface area contributed by atoms with Crippen molar-refractivity contribution in [3.8, 4) is 0 Å². The summed E-state index contributed by atoms with van der Waals surface area (Å²) < 4.78 is 0. The van der Waals surface area contributed by atoms with Crippen molar-refractivity contribution in [3.05, 3.63) is 54.6 Å². The van der Waals surface area contributed by atoms with Gasteiger partial charge in [0.1, 0.15) is 0 Å². The normalized spacial score (nSPS) is 11.0. The second-order valence-electron chi connectivity index (χ2n) is 4.06. The molecule has 2 aromatic rings. The molecule has 0 aliphatic carbocycles. The van der Waals surface area contributed by atoms with Crippen LogP contribution in [0.4, 0.5) is 17.1 Å². The van der Waals surface area contributed by atoms with Gasteiger partial charge in [0.15, 0.2) is 5.96 Å². The van der Waals surface area contributed by atoms with Crippen LogP contribution in [0.1, 0.15) is 0 Å². The Balaban J connectivity index is 0.00000242. The molecule has 0 fully saturated rings. The molecular weight excluding hydrogens is 302 g/mol. The van der Waals surface area contributed by atoms with Gasteiger partial charge >= 0.3 is 0 Å². The van der Waals surface area contributed by atoms with E-state index in [0.29, 0.717) is 11.4 Å². The maximum atomic E-state index is 5.54. The van der Waals surface area contributed by atoms with Crippen LogP contribution in [0, 0.1) is 0 Å². The van der Waals surface area contributed by atoms with Gasteiger partial charge in [-0.3, -0.25) is 0 Å². The lowest BCUT2D eigenvalue weighted by Gasteiger charge is -1.97. The molecule has 0 aromatic heterocycles. The van der Waals surface area contributed by atoms with Crippen LogP contribution >= 0.6 is 12.4 Å². The Morgan fingerprint density at radius 3 is 1.73 bits per heavy atom. The highest BCUT2D eigenvalue weighted by molar-refractivity contribution is 5.93. The van der Waals surface area contributed by atoms with Crippen molar-refractivity contribution in [2.24, 2.45) is 37.4 Å². The van der Waals surface area contributed by atoms with E-state index in [4.69, 9.17) is 17.2 Å². The summed E-state index contributed by atoms with van der Waals surface area (Å²) in [6.07, 6.45) is 0. The molecule has 8 heteroatoms. The number of halogens is 1. The highest BCUT2D eigenvalue weighted by Gasteiger charge is 1.94. The van der Waals surface area contributed by atoms with Gasteiger partial charge in [0, 0.05) is 0 Å². The Bertz CT molecular complexity index is 674. The van der Waals surface area contributed by atoms with Crippen molar-refractivity contribution in [3.63, 3.8) is 0 Å². The highest BCUT2D eigenvalue weighted by atomic mass is 35.5. The number of benzene rings is 2. The van der Waals surface area contributed by atoms with E-state index >= 15 is 0 Å². The Hall–Kier alpha value is -2.93. The van der Waals surface area contributed by atoms with Crippen molar-refractivity contribution in [1.29, 1.82) is 0 Å². The third kappa shape index (κ3) is 5.59. The maximum absolute atomic E-state index is 5.54. The monoisotopic (exact) mass is 317 g/mol. The third-order valence-corrected chi connectivity index (χ3v) is 2.37. The molecule has 0 aliphatic rings. The summed E-state index contributed by atoms with van der Waals surface area (Å²) in [5, 5.41) is 8.24. The minimum absolute atomic E-state index is 0. The molecule has 0 aliphatic heterocycles. The van der Waals surface area contributed by atoms with Crippen LogP contribution in [0.15, 0.2) is 74.8 Å². The zero-order valence-electron chi connectivity index (χ0n) is 11.6. The van der Waals surface area contributed by atoms with Gasteiger partial charge in [-0.05, 0) is 36.4 Å². The molecule has 0 saturated heterocycles. The number of nitrogens with zero attached hydrogens (tertiary/aromatic N) is 4. The predicted octanol–water partition coefficient (Wildman–Crippen LogP) is 2.74. The quantitative estimate of drug-likeness (QED) is 0.457. The van der Waals surface area contributed by atoms with Crippen LogP contribution in [-0.4, -0.2) is 11.9 Å². The van der Waals surface area contributed by atoms with E-state index in [0.717, 1.165) is 5.69 Å². The van der Waals surface area contributed by atoms with Crippen LogP contribution in [0.2, 0.25) is 0 Å². The van der Waals surface area contributed by atoms with Gasteiger partial charge in [-0.25, -0.2) is 4.99 Å². The fourth-order valence-corrected chi connectivity index (χ4v) is 1.49. The van der Waals surface area contributed by atoms with E-state index in [9.17, 15) is 0 Å². The standard InChI is InChI=1S/C14H15N7.ClH/c15-13(16)19-14(17)18-10-6-8-12(9-7-10)21-20-11-4-2-1-3-5-11;/h1-9H,(H6,15,16,17,18,19);1H. The van der Waals surface area contributed by atoms with Crippen LogP contribution in [-0.2, 0) is 0 Å². The molecule has 0 saturated carbocycles. The summed E-state index contributed by atoms with van der Waals surface area (Å²) in [5.41, 5.74) is 18.1. The number of azo groups is 1. The van der Waals surface area contributed by atoms with E-state index in [-0.39, 0.29) is 24.3 Å². The molecule has 0 heterocycles. The summed E-state index contributed by atoms with van der Waals surface area (Å²) in [4.78, 5) is 7.66. The lowest BCUT2D eigenvalue weighted by molar-refractivity contribution is 1.23. The largest absolute Gasteiger partial charge is 0.370 e. The highest BCUT2D eigenvalue weighted by Crippen LogP contribution is 2.21. The zero-order chi connectivity index (χ0) is 15.1. The number of hydrogen-bond acceptors (Lipinski definition) is 3. The van der Waals surface area contributed by atoms with Gasteiger partial charge in [-0.1, -0.05) is 18.2 Å². The van der Waals surface area contributed by atoms with Gasteiger partial charge in [-0.15, -0.1) is 12.4 Å². The molecule has 0 radical (unpaired) electrons. The third-order valence-electron chi connectivity index (χ3n) is 2.37. The van der Waals surface area contributed by atoms with Crippen molar-refractivity contribution >= 4 is 41.4 Å². The van der Waals surface area contributed by atoms with Gasteiger partial charge in [0.2, 0.25) is 5.96 Å². The van der Waals surface area contributed by atoms with E-state index in [2.05, 4.69) is 20.2 Å². The molecule has 0 unspecified atom stereocenters. The lowest BCUT2D eigenvalue weighted by Crippen LogP contribution is -2.26. The Labute approximate surface area is 134 Å². The minimum atomic E-state index is -0.135. The van der Waals surface area contributed by atoms with Gasteiger partial charge < -0.3 is 17.2 Å². The van der Waals surface area contributed by atoms with Crippen molar-refractivity contribution < 1.29 is 0 Å². The Morgan fingerprint density at radius 1 is 0.682 bits per heavy atom. The van der Waals surface area contributed by atoms with Gasteiger partial charge in [0.05, 0.1) is 17.1 Å². The topological polar surface area (TPSA) is 128 Å². The number of hydrogen-bond donors (Lipinski definition) is 3. The summed E-state index contributed by atoms with van der Waals surface area (Å²) >= 11 is 0. The first kappa shape index (κ1) is 17.1. The lowest BCUT2D eigenvalue weighted by atomic mass is 10.3. The van der Waals surface area contributed by atoms with Crippen LogP contribution in [0.25, 0.3) is 0 Å². The smallest absolute Gasteiger partial charge is 0.223 e. The Morgan fingerprint density at radius 2 is 1.18 bits per heavy atom. The molecule has 0 atom stereocenters. The molecular formula is C14H16ClN7. The molecule has 0 bridgehead atoms. The summed E-state index contributed by atoms with van der Waals surface area (Å²) in [6.45, 7) is 0. The zero-order valence-corrected chi connectivity index (χ0v) is 12.4. The van der Waals surface area contributed by atoms with Crippen LogP contribution in [0.5, 0.6) is 0 Å². The second kappa shape index (κ2) is 8.38. The van der Waals surface area contributed by atoms with Crippen LogP contribution < -0.4 is 17.2 Å². The van der Waals surface area contributed by atoms with Gasteiger partial charge in [-0.2, -0.15) is 15.2 Å². The molecule has 0 amide bonds. The summed E-state index contributed by atoms with van der Waals surface area (Å²) in [7, 11) is 0. The van der Waals surface area contributed by atoms with Gasteiger partial charge in [0.25, 0.3) is 0 Å². The van der Waals surface area contributed by atoms with E-state index in [1.807, 2.05) is 30.3 Å². The molecule has 114 valence electrons. The molecule has 2 aromatic carbocycles. The molecule has 22 heavy (non-hydrogen) atoms. The molecule has 0 spiro atoms. The fourth-order valence-electron chi connectivity index (χ4n) is 1.49. The van der Waals surface area contributed by atoms with Crippen molar-refractivity contribution in [2.45, 2.75) is 0 Å². The first-order valence-corrected chi connectivity index (χ1v) is 6.14. The van der Waals surface area contributed by atoms with Crippen molar-refractivity contribution in [2.75, 3.05) is 0 Å². The maximum Gasteiger partial charge on any atom is 0.223 e. The average Bonchev–Trinajstić information content (AvgIpc) is 2.47. The number of aliphatic imine (C=N–C) groups is 2. The minimum Gasteiger partial charge on any atom is -0.370 e. The first-order chi connectivity index (χ1) is 10.1. The predicted molar refractivity (Wildman–Crippen MR) is 91.4 cm³/mol. The second-order valence-corrected chi connectivity index (χ2v) is 4.06. The van der Waals surface area contributed by atoms with Crippen molar-refractivity contribution in [1.82, 2.24) is 0 Å². The number of guanidine groups is 2. The van der Waals surface area contributed by atoms with E-state index in [1.165, 1.54) is 0 Å². The summed E-state index contributed by atoms with van der Waals surface area (Å²) in [6, 6.07) is 16.5. The molecule has 6 N–H and O–H groups in total. The average molecular weight is 318 g/mol. The van der Waals surface area contributed by atoms with E-state index < -0.39 is 0 Å². The Kier molecular flexibility index (Phi) is 6.52. The van der Waals surface area contributed by atoms with E-state index in [1.54, 1.807) is 24.3 Å². The number of rotatable bonds is 3. The molecule has 7 nitrogen and oxygen atoms in total. The molecule has 2 rings (SSSR count). The fraction of sp³-hybridized carbons (Fsp3) is 0. The first-order valence-electron chi connectivity index (χ1n) is 6.14.